The Morgan fingerprint density at radius 2 is 1.96 bits per heavy atom. The number of hydrogen-bond donors (Lipinski definition) is 0. The van der Waals surface area contributed by atoms with Gasteiger partial charge in [-0.25, -0.2) is 8.42 Å². The van der Waals surface area contributed by atoms with E-state index in [0.717, 1.165) is 16.4 Å². The van der Waals surface area contributed by atoms with Gasteiger partial charge in [0.1, 0.15) is 10.0 Å². The van der Waals surface area contributed by atoms with Crippen LogP contribution in [0.5, 0.6) is 0 Å². The molecule has 1 aromatic heterocycles. The van der Waals surface area contributed by atoms with Gasteiger partial charge in [0.2, 0.25) is 10.0 Å². The molecular formula is C15H18N4O4S2. The zero-order valence-corrected chi connectivity index (χ0v) is 15.3. The Morgan fingerprint density at radius 3 is 2.56 bits per heavy atom. The Kier molecular flexibility index (Phi) is 5.11. The van der Waals surface area contributed by atoms with Crippen LogP contribution in [0.15, 0.2) is 29.2 Å². The number of para-hydroxylation sites is 1. The average Bonchev–Trinajstić information content (AvgIpc) is 3.11. The van der Waals surface area contributed by atoms with E-state index in [4.69, 9.17) is 0 Å². The average molecular weight is 382 g/mol. The number of aryl methyl sites for hydroxylation is 1. The Labute approximate surface area is 149 Å². The Hall–Kier alpha value is -1.91. The standard InChI is InChI=1S/C15H18N4O4S2/c1-2-14-16-17-15(24-14)11-7-9-18(10-8-11)25(22,23)13-6-4-3-5-12(13)19(20)21/h3-6,11H,2,7-10H2,1H3. The number of nitro groups is 1. The van der Waals surface area contributed by atoms with Crippen molar-refractivity contribution in [3.63, 3.8) is 0 Å². The topological polar surface area (TPSA) is 106 Å². The third-order valence-electron chi connectivity index (χ3n) is 4.27. The molecular weight excluding hydrogens is 364 g/mol. The Balaban J connectivity index is 1.77. The van der Waals surface area contributed by atoms with Crippen LogP contribution in [0.1, 0.15) is 35.7 Å². The van der Waals surface area contributed by atoms with Crippen molar-refractivity contribution in [2.24, 2.45) is 0 Å². The molecule has 0 bridgehead atoms. The molecule has 8 nitrogen and oxygen atoms in total. The highest BCUT2D eigenvalue weighted by atomic mass is 32.2. The predicted molar refractivity (Wildman–Crippen MR) is 93.1 cm³/mol. The van der Waals surface area contributed by atoms with E-state index in [-0.39, 0.29) is 16.5 Å². The smallest absolute Gasteiger partial charge is 0.258 e. The second-order valence-corrected chi connectivity index (χ2v) is 8.79. The normalized spacial score (nSPS) is 16.8. The van der Waals surface area contributed by atoms with Crippen molar-refractivity contribution in [1.29, 1.82) is 0 Å². The molecule has 1 aromatic carbocycles. The van der Waals surface area contributed by atoms with E-state index in [1.54, 1.807) is 11.3 Å². The van der Waals surface area contributed by atoms with Crippen LogP contribution in [0.4, 0.5) is 5.69 Å². The molecule has 1 saturated heterocycles. The lowest BCUT2D eigenvalue weighted by molar-refractivity contribution is -0.387. The van der Waals surface area contributed by atoms with Crippen molar-refractivity contribution < 1.29 is 13.3 Å². The van der Waals surface area contributed by atoms with Gasteiger partial charge in [0.25, 0.3) is 5.69 Å². The number of aromatic nitrogens is 2. The van der Waals surface area contributed by atoms with Crippen molar-refractivity contribution in [3.8, 4) is 0 Å². The molecule has 2 heterocycles. The molecule has 1 aliphatic rings. The molecule has 1 aliphatic heterocycles. The van der Waals surface area contributed by atoms with Crippen LogP contribution in [0.25, 0.3) is 0 Å². The summed E-state index contributed by atoms with van der Waals surface area (Å²) >= 11 is 1.57. The monoisotopic (exact) mass is 382 g/mol. The zero-order chi connectivity index (χ0) is 18.0. The summed E-state index contributed by atoms with van der Waals surface area (Å²) in [7, 11) is -3.88. The van der Waals surface area contributed by atoms with Gasteiger partial charge in [0.05, 0.1) is 4.92 Å². The van der Waals surface area contributed by atoms with Crippen LogP contribution in [-0.2, 0) is 16.4 Å². The summed E-state index contributed by atoms with van der Waals surface area (Å²) < 4.78 is 26.9. The van der Waals surface area contributed by atoms with Gasteiger partial charge in [-0.15, -0.1) is 21.5 Å². The molecule has 0 saturated carbocycles. The van der Waals surface area contributed by atoms with Crippen LogP contribution in [0, 0.1) is 10.1 Å². The van der Waals surface area contributed by atoms with E-state index >= 15 is 0 Å². The van der Waals surface area contributed by atoms with Gasteiger partial charge < -0.3 is 0 Å². The minimum Gasteiger partial charge on any atom is -0.258 e. The Bertz CT molecular complexity index is 873. The van der Waals surface area contributed by atoms with Gasteiger partial charge in [0.15, 0.2) is 4.90 Å². The molecule has 0 spiro atoms. The van der Waals surface area contributed by atoms with Gasteiger partial charge in [-0.05, 0) is 25.3 Å². The summed E-state index contributed by atoms with van der Waals surface area (Å²) in [6.45, 7) is 2.66. The second kappa shape index (κ2) is 7.14. The van der Waals surface area contributed by atoms with Crippen LogP contribution >= 0.6 is 11.3 Å². The zero-order valence-electron chi connectivity index (χ0n) is 13.7. The lowest BCUT2D eigenvalue weighted by atomic mass is 9.99. The highest BCUT2D eigenvalue weighted by molar-refractivity contribution is 7.89. The van der Waals surface area contributed by atoms with E-state index in [1.165, 1.54) is 28.6 Å². The van der Waals surface area contributed by atoms with E-state index in [1.807, 2.05) is 6.92 Å². The minimum atomic E-state index is -3.88. The molecule has 0 N–H and O–H groups in total. The summed E-state index contributed by atoms with van der Waals surface area (Å²) in [5, 5.41) is 21.4. The van der Waals surface area contributed by atoms with Gasteiger partial charge in [-0.2, -0.15) is 4.31 Å². The molecule has 0 amide bonds. The van der Waals surface area contributed by atoms with Crippen LogP contribution in [0.2, 0.25) is 0 Å². The van der Waals surface area contributed by atoms with Crippen molar-refractivity contribution in [3.05, 3.63) is 44.4 Å². The van der Waals surface area contributed by atoms with E-state index < -0.39 is 14.9 Å². The lowest BCUT2D eigenvalue weighted by Gasteiger charge is -2.29. The first kappa shape index (κ1) is 17.9. The number of benzene rings is 1. The highest BCUT2D eigenvalue weighted by Gasteiger charge is 2.34. The fraction of sp³-hybridized carbons (Fsp3) is 0.467. The van der Waals surface area contributed by atoms with Gasteiger partial charge in [-0.3, -0.25) is 10.1 Å². The van der Waals surface area contributed by atoms with Gasteiger partial charge in [-0.1, -0.05) is 19.1 Å². The molecule has 1 fully saturated rings. The molecule has 0 radical (unpaired) electrons. The SMILES string of the molecule is CCc1nnc(C2CCN(S(=O)(=O)c3ccccc3[N+](=O)[O-])CC2)s1. The van der Waals surface area contributed by atoms with Crippen LogP contribution in [-0.4, -0.2) is 40.9 Å². The number of rotatable bonds is 5. The van der Waals surface area contributed by atoms with Gasteiger partial charge in [0, 0.05) is 25.1 Å². The third-order valence-corrected chi connectivity index (χ3v) is 7.44. The summed E-state index contributed by atoms with van der Waals surface area (Å²) in [4.78, 5) is 10.2. The van der Waals surface area contributed by atoms with Gasteiger partial charge >= 0.3 is 0 Å². The highest BCUT2D eigenvalue weighted by Crippen LogP contribution is 2.34. The van der Waals surface area contributed by atoms with E-state index in [0.29, 0.717) is 25.9 Å². The summed E-state index contributed by atoms with van der Waals surface area (Å²) in [5.41, 5.74) is -0.388. The third kappa shape index (κ3) is 3.55. The molecule has 0 atom stereocenters. The first-order chi connectivity index (χ1) is 11.9. The molecule has 25 heavy (non-hydrogen) atoms. The summed E-state index contributed by atoms with van der Waals surface area (Å²) in [6.07, 6.45) is 2.11. The second-order valence-electron chi connectivity index (χ2n) is 5.79. The van der Waals surface area contributed by atoms with Crippen molar-refractivity contribution in [2.45, 2.75) is 37.0 Å². The molecule has 134 valence electrons. The van der Waals surface area contributed by atoms with Crippen molar-refractivity contribution >= 4 is 27.0 Å². The molecule has 2 aromatic rings. The lowest BCUT2D eigenvalue weighted by Crippen LogP contribution is -2.38. The first-order valence-electron chi connectivity index (χ1n) is 7.99. The largest absolute Gasteiger partial charge is 0.289 e. The maximum Gasteiger partial charge on any atom is 0.289 e. The van der Waals surface area contributed by atoms with E-state index in [2.05, 4.69) is 10.2 Å². The Morgan fingerprint density at radius 1 is 1.28 bits per heavy atom. The van der Waals surface area contributed by atoms with Crippen LogP contribution < -0.4 is 0 Å². The fourth-order valence-corrected chi connectivity index (χ4v) is 5.46. The molecule has 0 aliphatic carbocycles. The number of hydrogen-bond acceptors (Lipinski definition) is 7. The molecule has 0 unspecified atom stereocenters. The molecule has 3 rings (SSSR count). The van der Waals surface area contributed by atoms with Crippen LogP contribution in [0.3, 0.4) is 0 Å². The van der Waals surface area contributed by atoms with Crippen molar-refractivity contribution in [1.82, 2.24) is 14.5 Å². The van der Waals surface area contributed by atoms with E-state index in [9.17, 15) is 18.5 Å². The quantitative estimate of drug-likeness (QED) is 0.581. The number of sulfonamides is 1. The maximum atomic E-state index is 12.8. The predicted octanol–water partition coefficient (Wildman–Crippen LogP) is 2.58. The summed E-state index contributed by atoms with van der Waals surface area (Å²) in [6, 6.07) is 5.47. The van der Waals surface area contributed by atoms with Crippen molar-refractivity contribution in [2.75, 3.05) is 13.1 Å². The number of nitro benzene ring substituents is 1. The number of piperidine rings is 1. The fourth-order valence-electron chi connectivity index (χ4n) is 2.88. The minimum absolute atomic E-state index is 0.190. The first-order valence-corrected chi connectivity index (χ1v) is 10.2. The maximum absolute atomic E-state index is 12.8. The molecule has 10 heteroatoms. The summed E-state index contributed by atoms with van der Waals surface area (Å²) in [5.74, 6) is 0.190. The number of nitrogens with zero attached hydrogens (tertiary/aromatic N) is 4.